The van der Waals surface area contributed by atoms with Crippen molar-refractivity contribution in [3.63, 3.8) is 0 Å². The van der Waals surface area contributed by atoms with E-state index in [1.165, 1.54) is 5.56 Å². The van der Waals surface area contributed by atoms with Gasteiger partial charge in [0.05, 0.1) is 10.7 Å². The summed E-state index contributed by atoms with van der Waals surface area (Å²) in [7, 11) is 2.09. The Hall–Kier alpha value is -0.730. The summed E-state index contributed by atoms with van der Waals surface area (Å²) in [4.78, 5) is 2.24. The summed E-state index contributed by atoms with van der Waals surface area (Å²) in [6.07, 6.45) is 0.852. The van der Waals surface area contributed by atoms with Crippen molar-refractivity contribution >= 4 is 17.3 Å². The van der Waals surface area contributed by atoms with E-state index in [1.54, 1.807) is 0 Å². The number of benzene rings is 1. The van der Waals surface area contributed by atoms with Crippen LogP contribution in [0.4, 0.5) is 5.69 Å². The van der Waals surface area contributed by atoms with Crippen LogP contribution in [-0.4, -0.2) is 19.6 Å². The van der Waals surface area contributed by atoms with Crippen molar-refractivity contribution in [3.05, 3.63) is 28.8 Å². The van der Waals surface area contributed by atoms with Gasteiger partial charge in [-0.05, 0) is 30.4 Å². The number of nitrogens with two attached hydrogens (primary N) is 1. The summed E-state index contributed by atoms with van der Waals surface area (Å²) < 4.78 is 0. The molecular weight excluding hydrogens is 244 g/mol. The Bertz CT molecular complexity index is 394. The second-order valence-corrected chi connectivity index (χ2v) is 6.75. The molecule has 0 radical (unpaired) electrons. The van der Waals surface area contributed by atoms with Crippen molar-refractivity contribution in [2.24, 2.45) is 11.1 Å². The van der Waals surface area contributed by atoms with Crippen LogP contribution < -0.4 is 10.6 Å². The molecule has 0 fully saturated rings. The van der Waals surface area contributed by atoms with Crippen LogP contribution in [0.1, 0.15) is 33.3 Å². The summed E-state index contributed by atoms with van der Waals surface area (Å²) in [5.41, 5.74) is 8.49. The molecule has 3 heteroatoms. The summed E-state index contributed by atoms with van der Waals surface area (Å²) in [6.45, 7) is 9.67. The molecule has 0 amide bonds. The average molecular weight is 269 g/mol. The zero-order chi connectivity index (χ0) is 13.9. The Labute approximate surface area is 116 Å². The van der Waals surface area contributed by atoms with Gasteiger partial charge < -0.3 is 10.6 Å². The van der Waals surface area contributed by atoms with E-state index in [0.717, 1.165) is 23.7 Å². The highest BCUT2D eigenvalue weighted by Gasteiger charge is 2.18. The molecule has 1 rings (SSSR count). The molecule has 0 aliphatic rings. The zero-order valence-electron chi connectivity index (χ0n) is 12.1. The lowest BCUT2D eigenvalue weighted by atomic mass is 9.95. The van der Waals surface area contributed by atoms with Crippen LogP contribution in [0.15, 0.2) is 18.2 Å². The first kappa shape index (κ1) is 15.3. The van der Waals surface area contributed by atoms with Crippen LogP contribution in [0.5, 0.6) is 0 Å². The number of para-hydroxylation sites is 1. The van der Waals surface area contributed by atoms with Crippen LogP contribution in [0.25, 0.3) is 0 Å². The molecule has 18 heavy (non-hydrogen) atoms. The van der Waals surface area contributed by atoms with Crippen LogP contribution >= 0.6 is 11.6 Å². The molecule has 1 aromatic carbocycles. The second kappa shape index (κ2) is 5.94. The van der Waals surface area contributed by atoms with Gasteiger partial charge >= 0.3 is 0 Å². The van der Waals surface area contributed by atoms with Crippen molar-refractivity contribution in [2.75, 3.05) is 18.5 Å². The molecule has 0 heterocycles. The van der Waals surface area contributed by atoms with Gasteiger partial charge in [0.15, 0.2) is 0 Å². The number of anilines is 1. The Morgan fingerprint density at radius 2 is 1.94 bits per heavy atom. The van der Waals surface area contributed by atoms with Gasteiger partial charge in [0.2, 0.25) is 0 Å². The first-order valence-electron chi connectivity index (χ1n) is 6.45. The quantitative estimate of drug-likeness (QED) is 0.902. The SMILES string of the molecule is CC(N)Cc1cccc(Cl)c1N(C)CC(C)(C)C. The minimum atomic E-state index is 0.144. The highest BCUT2D eigenvalue weighted by atomic mass is 35.5. The molecule has 0 aliphatic carbocycles. The summed E-state index contributed by atoms with van der Waals surface area (Å²) in [6, 6.07) is 6.20. The minimum Gasteiger partial charge on any atom is -0.373 e. The van der Waals surface area contributed by atoms with E-state index in [0.29, 0.717) is 0 Å². The molecule has 102 valence electrons. The zero-order valence-corrected chi connectivity index (χ0v) is 12.9. The van der Waals surface area contributed by atoms with E-state index < -0.39 is 0 Å². The van der Waals surface area contributed by atoms with Gasteiger partial charge in [0.1, 0.15) is 0 Å². The van der Waals surface area contributed by atoms with E-state index in [-0.39, 0.29) is 11.5 Å². The number of rotatable bonds is 4. The lowest BCUT2D eigenvalue weighted by Crippen LogP contribution is -2.30. The molecule has 1 atom stereocenters. The fourth-order valence-corrected chi connectivity index (χ4v) is 2.63. The molecule has 2 nitrogen and oxygen atoms in total. The molecule has 0 saturated heterocycles. The van der Waals surface area contributed by atoms with Gasteiger partial charge in [0.25, 0.3) is 0 Å². The topological polar surface area (TPSA) is 29.3 Å². The number of hydrogen-bond donors (Lipinski definition) is 1. The van der Waals surface area contributed by atoms with Crippen LogP contribution in [-0.2, 0) is 6.42 Å². The average Bonchev–Trinajstić information content (AvgIpc) is 2.13. The minimum absolute atomic E-state index is 0.144. The maximum absolute atomic E-state index is 6.35. The molecule has 2 N–H and O–H groups in total. The Kier molecular flexibility index (Phi) is 5.06. The molecule has 0 spiro atoms. The lowest BCUT2D eigenvalue weighted by Gasteiger charge is -2.30. The summed E-state index contributed by atoms with van der Waals surface area (Å²) in [5.74, 6) is 0. The predicted octanol–water partition coefficient (Wildman–Crippen LogP) is 3.71. The van der Waals surface area contributed by atoms with Gasteiger partial charge in [-0.2, -0.15) is 0 Å². The van der Waals surface area contributed by atoms with E-state index in [9.17, 15) is 0 Å². The van der Waals surface area contributed by atoms with E-state index in [2.05, 4.69) is 38.8 Å². The highest BCUT2D eigenvalue weighted by Crippen LogP contribution is 2.31. The molecule has 0 aromatic heterocycles. The third kappa shape index (κ3) is 4.51. The second-order valence-electron chi connectivity index (χ2n) is 6.35. The Balaban J connectivity index is 3.05. The standard InChI is InChI=1S/C15H25ClN2/c1-11(17)9-12-7-6-8-13(16)14(12)18(5)10-15(2,3)4/h6-8,11H,9-10,17H2,1-5H3. The molecule has 1 unspecified atom stereocenters. The fourth-order valence-electron chi connectivity index (χ4n) is 2.29. The summed E-state index contributed by atoms with van der Waals surface area (Å²) in [5, 5.41) is 0.805. The largest absolute Gasteiger partial charge is 0.373 e. The van der Waals surface area contributed by atoms with Gasteiger partial charge in [-0.3, -0.25) is 0 Å². The van der Waals surface area contributed by atoms with Crippen molar-refractivity contribution in [3.8, 4) is 0 Å². The van der Waals surface area contributed by atoms with Gasteiger partial charge in [-0.1, -0.05) is 44.5 Å². The van der Waals surface area contributed by atoms with Crippen LogP contribution in [0.2, 0.25) is 5.02 Å². The lowest BCUT2D eigenvalue weighted by molar-refractivity contribution is 0.418. The first-order valence-corrected chi connectivity index (χ1v) is 6.82. The molecule has 0 bridgehead atoms. The maximum atomic E-state index is 6.35. The maximum Gasteiger partial charge on any atom is 0.0642 e. The molecular formula is C15H25ClN2. The molecule has 0 aliphatic heterocycles. The van der Waals surface area contributed by atoms with Crippen LogP contribution in [0, 0.1) is 5.41 Å². The molecule has 1 aromatic rings. The van der Waals surface area contributed by atoms with Crippen LogP contribution in [0.3, 0.4) is 0 Å². The highest BCUT2D eigenvalue weighted by molar-refractivity contribution is 6.33. The third-order valence-corrected chi connectivity index (χ3v) is 3.01. The number of nitrogens with zero attached hydrogens (tertiary/aromatic N) is 1. The Morgan fingerprint density at radius 3 is 2.44 bits per heavy atom. The van der Waals surface area contributed by atoms with Crippen molar-refractivity contribution < 1.29 is 0 Å². The predicted molar refractivity (Wildman–Crippen MR) is 81.5 cm³/mol. The van der Waals surface area contributed by atoms with Crippen molar-refractivity contribution in [1.29, 1.82) is 0 Å². The van der Waals surface area contributed by atoms with Gasteiger partial charge in [-0.15, -0.1) is 0 Å². The normalized spacial score (nSPS) is 13.5. The first-order chi connectivity index (χ1) is 8.20. The van der Waals surface area contributed by atoms with E-state index >= 15 is 0 Å². The van der Waals surface area contributed by atoms with Gasteiger partial charge in [-0.25, -0.2) is 0 Å². The smallest absolute Gasteiger partial charge is 0.0642 e. The Morgan fingerprint density at radius 1 is 1.33 bits per heavy atom. The van der Waals surface area contributed by atoms with Crippen molar-refractivity contribution in [1.82, 2.24) is 0 Å². The van der Waals surface area contributed by atoms with E-state index in [4.69, 9.17) is 17.3 Å². The third-order valence-electron chi connectivity index (χ3n) is 2.71. The summed E-state index contributed by atoms with van der Waals surface area (Å²) >= 11 is 6.35. The number of hydrogen-bond acceptors (Lipinski definition) is 2. The van der Waals surface area contributed by atoms with Crippen molar-refractivity contribution in [2.45, 2.75) is 40.2 Å². The monoisotopic (exact) mass is 268 g/mol. The van der Waals surface area contributed by atoms with Gasteiger partial charge in [0, 0.05) is 19.6 Å². The number of halogens is 1. The fraction of sp³-hybridized carbons (Fsp3) is 0.600. The van der Waals surface area contributed by atoms with E-state index in [1.807, 2.05) is 19.1 Å². The molecule has 0 saturated carbocycles.